The largest absolute Gasteiger partial charge is 0.323 e. The van der Waals surface area contributed by atoms with Gasteiger partial charge in [0.2, 0.25) is 0 Å². The molecule has 3 aromatic rings. The molecule has 0 bridgehead atoms. The van der Waals surface area contributed by atoms with E-state index in [1.807, 2.05) is 0 Å². The Hall–Kier alpha value is -5.00. The van der Waals surface area contributed by atoms with E-state index in [0.717, 1.165) is 0 Å². The second kappa shape index (κ2) is 9.67. The first-order valence-electron chi connectivity index (χ1n) is 9.08. The van der Waals surface area contributed by atoms with Crippen molar-refractivity contribution in [2.24, 2.45) is 0 Å². The molecule has 0 saturated heterocycles. The molecule has 32 heavy (non-hydrogen) atoms. The van der Waals surface area contributed by atoms with Crippen LogP contribution in [-0.2, 0) is 0 Å². The smallest absolute Gasteiger partial charge is 0.308 e. The molecule has 0 aliphatic rings. The summed E-state index contributed by atoms with van der Waals surface area (Å²) in [4.78, 5) is 45.6. The first-order chi connectivity index (χ1) is 15.3. The number of urea groups is 2. The zero-order valence-corrected chi connectivity index (χ0v) is 16.4. The standard InChI is InChI=1S/C20H16N6O6/c27-19(23-15-6-2-8-17(11-15)25(29)30)21-13-4-1-5-14(10-13)22-20(28)24-16-7-3-9-18(12-16)26(31)32/h1-12H,(H4-2,21,22,23,24,27,28,29,30,31,32)/p+2. The van der Waals surface area contributed by atoms with Gasteiger partial charge in [-0.3, -0.25) is 0 Å². The fraction of sp³-hybridized carbons (Fsp3) is 0. The molecule has 12 nitrogen and oxygen atoms in total. The molecule has 12 heteroatoms. The Bertz CT molecular complexity index is 1110. The van der Waals surface area contributed by atoms with Crippen molar-refractivity contribution >= 4 is 46.2 Å². The number of rotatable bonds is 6. The van der Waals surface area contributed by atoms with Crippen LogP contribution in [0.2, 0.25) is 0 Å². The molecule has 0 saturated carbocycles. The van der Waals surface area contributed by atoms with E-state index in [9.17, 15) is 19.4 Å². The Labute approximate surface area is 180 Å². The quantitative estimate of drug-likeness (QED) is 0.309. The van der Waals surface area contributed by atoms with Crippen LogP contribution in [0.4, 0.5) is 43.7 Å². The van der Waals surface area contributed by atoms with Gasteiger partial charge in [0, 0.05) is 47.0 Å². The molecule has 3 rings (SSSR count). The van der Waals surface area contributed by atoms with Gasteiger partial charge in [-0.25, -0.2) is 20.0 Å². The van der Waals surface area contributed by atoms with Crippen molar-refractivity contribution in [2.75, 3.05) is 21.3 Å². The molecule has 0 unspecified atom stereocenters. The monoisotopic (exact) mass is 438 g/mol. The zero-order valence-electron chi connectivity index (χ0n) is 16.4. The first kappa shape index (κ1) is 21.7. The fourth-order valence-electron chi connectivity index (χ4n) is 2.67. The Kier molecular flexibility index (Phi) is 6.56. The lowest BCUT2D eigenvalue weighted by molar-refractivity contribution is -0.729. The van der Waals surface area contributed by atoms with Crippen molar-refractivity contribution in [3.05, 3.63) is 82.6 Å². The highest BCUT2D eigenvalue weighted by Gasteiger charge is 2.14. The van der Waals surface area contributed by atoms with E-state index in [0.29, 0.717) is 11.4 Å². The Morgan fingerprint density at radius 3 is 1.22 bits per heavy atom. The number of nitrogens with zero attached hydrogens (tertiary/aromatic N) is 2. The molecule has 0 radical (unpaired) electrons. The maximum atomic E-state index is 12.2. The van der Waals surface area contributed by atoms with Gasteiger partial charge in [0.15, 0.2) is 0 Å². The third kappa shape index (κ3) is 6.00. The van der Waals surface area contributed by atoms with Gasteiger partial charge in [-0.05, 0) is 30.3 Å². The normalized spacial score (nSPS) is 10.0. The van der Waals surface area contributed by atoms with Crippen LogP contribution in [0.5, 0.6) is 0 Å². The summed E-state index contributed by atoms with van der Waals surface area (Å²) in [6.45, 7) is 0. The number of amides is 4. The lowest BCUT2D eigenvalue weighted by Gasteiger charge is -2.10. The molecule has 4 amide bonds. The van der Waals surface area contributed by atoms with Crippen LogP contribution in [0.15, 0.2) is 72.8 Å². The van der Waals surface area contributed by atoms with Gasteiger partial charge in [-0.1, -0.05) is 18.2 Å². The SMILES string of the molecule is O=C(Nc1cccc(NC(=O)Nc2cccc([N+](=O)O)c2)c1)Nc1cccc([N+](=O)O)c1. The van der Waals surface area contributed by atoms with Gasteiger partial charge in [0.1, 0.15) is 0 Å². The highest BCUT2D eigenvalue weighted by Crippen LogP contribution is 2.20. The van der Waals surface area contributed by atoms with Crippen LogP contribution in [0.1, 0.15) is 0 Å². The van der Waals surface area contributed by atoms with Crippen molar-refractivity contribution in [1.29, 1.82) is 0 Å². The number of hydrogen-bond donors (Lipinski definition) is 6. The highest BCUT2D eigenvalue weighted by atomic mass is 16.6. The van der Waals surface area contributed by atoms with Gasteiger partial charge in [0.05, 0.1) is 9.81 Å². The van der Waals surface area contributed by atoms with Crippen LogP contribution < -0.4 is 21.3 Å². The van der Waals surface area contributed by atoms with Gasteiger partial charge in [0.25, 0.3) is 9.85 Å². The molecule has 3 aromatic carbocycles. The van der Waals surface area contributed by atoms with Crippen LogP contribution in [0, 0.1) is 9.81 Å². The van der Waals surface area contributed by atoms with Crippen molar-refractivity contribution in [1.82, 2.24) is 0 Å². The molecular weight excluding hydrogens is 420 g/mol. The molecule has 0 aromatic heterocycles. The van der Waals surface area contributed by atoms with E-state index in [1.54, 1.807) is 18.2 Å². The number of carbonyl (C=O) groups is 2. The molecule has 6 N–H and O–H groups in total. The predicted octanol–water partition coefficient (Wildman–Crippen LogP) is 4.57. The zero-order chi connectivity index (χ0) is 23.1. The summed E-state index contributed by atoms with van der Waals surface area (Å²) < 4.78 is 0. The first-order valence-corrected chi connectivity index (χ1v) is 9.08. The van der Waals surface area contributed by atoms with Crippen molar-refractivity contribution in [3.8, 4) is 0 Å². The predicted molar refractivity (Wildman–Crippen MR) is 115 cm³/mol. The van der Waals surface area contributed by atoms with E-state index >= 15 is 0 Å². The summed E-state index contributed by atoms with van der Waals surface area (Å²) in [5.41, 5.74) is 1.21. The molecule has 0 spiro atoms. The molecule has 0 fully saturated rings. The Balaban J connectivity index is 1.60. The summed E-state index contributed by atoms with van der Waals surface area (Å²) in [5.74, 6) is 0. The summed E-state index contributed by atoms with van der Waals surface area (Å²) in [6, 6.07) is 16.4. The van der Waals surface area contributed by atoms with Crippen molar-refractivity contribution in [2.45, 2.75) is 0 Å². The highest BCUT2D eigenvalue weighted by molar-refractivity contribution is 6.02. The topological polar surface area (TPSA) is 163 Å². The minimum absolute atomic E-state index is 0.0486. The molecule has 0 heterocycles. The van der Waals surface area contributed by atoms with E-state index in [4.69, 9.17) is 10.4 Å². The van der Waals surface area contributed by atoms with Crippen molar-refractivity contribution < 1.29 is 29.9 Å². The minimum atomic E-state index is -0.609. The number of anilines is 4. The van der Waals surface area contributed by atoms with Crippen LogP contribution >= 0.6 is 0 Å². The third-order valence-corrected chi connectivity index (χ3v) is 4.03. The molecule has 0 aliphatic heterocycles. The van der Waals surface area contributed by atoms with E-state index in [-0.39, 0.29) is 32.6 Å². The summed E-state index contributed by atoms with van der Waals surface area (Å²) in [7, 11) is 0. The Morgan fingerprint density at radius 2 is 0.875 bits per heavy atom. The van der Waals surface area contributed by atoms with Crippen LogP contribution in [0.3, 0.4) is 0 Å². The van der Waals surface area contributed by atoms with Crippen LogP contribution in [-0.4, -0.2) is 32.3 Å². The van der Waals surface area contributed by atoms with Gasteiger partial charge >= 0.3 is 23.4 Å². The second-order valence-electron chi connectivity index (χ2n) is 6.39. The average molecular weight is 438 g/mol. The minimum Gasteiger partial charge on any atom is -0.308 e. The number of carbonyl (C=O) groups excluding carboxylic acids is 2. The van der Waals surface area contributed by atoms with E-state index < -0.39 is 12.1 Å². The lowest BCUT2D eigenvalue weighted by atomic mass is 10.2. The number of benzene rings is 3. The maximum absolute atomic E-state index is 12.2. The second-order valence-corrected chi connectivity index (χ2v) is 6.39. The third-order valence-electron chi connectivity index (χ3n) is 4.03. The van der Waals surface area contributed by atoms with Gasteiger partial charge < -0.3 is 21.3 Å². The maximum Gasteiger partial charge on any atom is 0.323 e. The average Bonchev–Trinajstić information content (AvgIpc) is 2.74. The van der Waals surface area contributed by atoms with E-state index in [1.165, 1.54) is 54.6 Å². The molecular formula is C20H18N6O6+2. The van der Waals surface area contributed by atoms with E-state index in [2.05, 4.69) is 21.3 Å². The number of nitrogens with one attached hydrogen (secondary N) is 4. The van der Waals surface area contributed by atoms with Crippen molar-refractivity contribution in [3.63, 3.8) is 0 Å². The summed E-state index contributed by atoms with van der Waals surface area (Å²) in [6.07, 6.45) is 0. The lowest BCUT2D eigenvalue weighted by Crippen LogP contribution is -2.21. The van der Waals surface area contributed by atoms with Crippen LogP contribution in [0.25, 0.3) is 0 Å². The fourth-order valence-corrected chi connectivity index (χ4v) is 2.67. The summed E-state index contributed by atoms with van der Waals surface area (Å²) in [5, 5.41) is 28.1. The number of hydrogen-bond acceptors (Lipinski definition) is 4. The molecule has 0 atom stereocenters. The molecule has 162 valence electrons. The summed E-state index contributed by atoms with van der Waals surface area (Å²) >= 11 is 0. The van der Waals surface area contributed by atoms with Gasteiger partial charge in [-0.2, -0.15) is 0 Å². The Morgan fingerprint density at radius 1 is 0.562 bits per heavy atom. The molecule has 0 aliphatic carbocycles. The van der Waals surface area contributed by atoms with Gasteiger partial charge in [-0.15, -0.1) is 0 Å².